The Kier molecular flexibility index (Phi) is 4.92. The number of fused-ring (bicyclic) bond motifs is 2. The molecule has 0 aliphatic carbocycles. The second kappa shape index (κ2) is 7.53. The molecule has 3 aliphatic rings. The van der Waals surface area contributed by atoms with Gasteiger partial charge in [-0.3, -0.25) is 9.69 Å². The summed E-state index contributed by atoms with van der Waals surface area (Å²) in [5.74, 6) is 1.11. The minimum Gasteiger partial charge on any atom is -0.381 e. The quantitative estimate of drug-likeness (QED) is 0.808. The molecule has 0 radical (unpaired) electrons. The van der Waals surface area contributed by atoms with Crippen LogP contribution in [-0.2, 0) is 16.1 Å². The Morgan fingerprint density at radius 3 is 2.96 bits per heavy atom. The number of carbonyl (C=O) groups excluding carboxylic acids is 1. The molecule has 4 heterocycles. The van der Waals surface area contributed by atoms with Crippen LogP contribution < -0.4 is 0 Å². The molecular weight excluding hydrogens is 356 g/mol. The first-order valence-corrected chi connectivity index (χ1v) is 11.2. The first-order chi connectivity index (χ1) is 13.3. The molecule has 0 unspecified atom stereocenters. The van der Waals surface area contributed by atoms with Crippen LogP contribution in [0.25, 0.3) is 10.1 Å². The van der Waals surface area contributed by atoms with E-state index in [2.05, 4.69) is 40.1 Å². The van der Waals surface area contributed by atoms with Crippen LogP contribution in [0.3, 0.4) is 0 Å². The van der Waals surface area contributed by atoms with Gasteiger partial charge in [-0.15, -0.1) is 11.3 Å². The smallest absolute Gasteiger partial charge is 0.228 e. The number of ether oxygens (including phenoxy) is 1. The van der Waals surface area contributed by atoms with E-state index in [1.165, 1.54) is 21.4 Å². The third-order valence-electron chi connectivity index (χ3n) is 6.57. The molecule has 3 fully saturated rings. The van der Waals surface area contributed by atoms with E-state index < -0.39 is 0 Å². The average molecular weight is 385 g/mol. The highest BCUT2D eigenvalue weighted by Gasteiger charge is 2.40. The monoisotopic (exact) mass is 384 g/mol. The lowest BCUT2D eigenvalue weighted by Crippen LogP contribution is -2.56. The van der Waals surface area contributed by atoms with E-state index in [1.807, 2.05) is 11.3 Å². The van der Waals surface area contributed by atoms with Gasteiger partial charge in [-0.2, -0.15) is 0 Å². The van der Waals surface area contributed by atoms with Crippen LogP contribution in [0.1, 0.15) is 30.6 Å². The van der Waals surface area contributed by atoms with Gasteiger partial charge < -0.3 is 9.64 Å². The Labute approximate surface area is 165 Å². The van der Waals surface area contributed by atoms with Crippen LogP contribution in [-0.4, -0.2) is 54.6 Å². The van der Waals surface area contributed by atoms with Crippen molar-refractivity contribution in [1.82, 2.24) is 9.80 Å². The van der Waals surface area contributed by atoms with Crippen LogP contribution in [0.5, 0.6) is 0 Å². The number of nitrogens with zero attached hydrogens (tertiary/aromatic N) is 2. The number of amides is 1. The van der Waals surface area contributed by atoms with Gasteiger partial charge in [0.1, 0.15) is 0 Å². The van der Waals surface area contributed by atoms with Gasteiger partial charge in [-0.1, -0.05) is 18.2 Å². The van der Waals surface area contributed by atoms with Crippen LogP contribution in [0.2, 0.25) is 0 Å². The summed E-state index contributed by atoms with van der Waals surface area (Å²) in [6.07, 6.45) is 4.44. The Balaban J connectivity index is 1.25. The molecule has 0 saturated carbocycles. The van der Waals surface area contributed by atoms with Gasteiger partial charge in [0.05, 0.1) is 12.5 Å². The fourth-order valence-corrected chi connectivity index (χ4v) is 6.30. The molecular formula is C22H28N2O2S. The molecule has 5 heteroatoms. The fraction of sp³-hybridized carbons (Fsp3) is 0.591. The highest BCUT2D eigenvalue weighted by Crippen LogP contribution is 2.34. The summed E-state index contributed by atoms with van der Waals surface area (Å²) < 4.78 is 6.84. The lowest BCUT2D eigenvalue weighted by Gasteiger charge is -2.47. The number of carbonyl (C=O) groups is 1. The number of benzene rings is 1. The maximum absolute atomic E-state index is 13.0. The van der Waals surface area contributed by atoms with Crippen molar-refractivity contribution in [2.75, 3.05) is 32.8 Å². The van der Waals surface area contributed by atoms with Crippen molar-refractivity contribution in [2.24, 2.45) is 11.8 Å². The lowest BCUT2D eigenvalue weighted by atomic mass is 9.83. The third-order valence-corrected chi connectivity index (χ3v) is 7.67. The Hall–Kier alpha value is -1.43. The number of thiophene rings is 1. The van der Waals surface area contributed by atoms with E-state index in [4.69, 9.17) is 4.74 Å². The Bertz CT molecular complexity index is 781. The molecule has 0 bridgehead atoms. The number of likely N-dealkylation sites (tertiary alicyclic amines) is 2. The Morgan fingerprint density at radius 2 is 2.11 bits per heavy atom. The molecule has 1 aromatic carbocycles. The predicted octanol–water partition coefficient (Wildman–Crippen LogP) is 3.75. The van der Waals surface area contributed by atoms with Crippen molar-refractivity contribution in [3.8, 4) is 0 Å². The normalized spacial score (nSPS) is 29.2. The summed E-state index contributed by atoms with van der Waals surface area (Å²) >= 11 is 1.92. The molecule has 2 aromatic rings. The first kappa shape index (κ1) is 17.7. The van der Waals surface area contributed by atoms with Gasteiger partial charge in [0.15, 0.2) is 0 Å². The second-order valence-electron chi connectivity index (χ2n) is 8.34. The summed E-state index contributed by atoms with van der Waals surface area (Å²) in [7, 11) is 0. The highest BCUT2D eigenvalue weighted by molar-refractivity contribution is 7.19. The number of hydrogen-bond acceptors (Lipinski definition) is 4. The van der Waals surface area contributed by atoms with E-state index >= 15 is 0 Å². The van der Waals surface area contributed by atoms with E-state index in [1.54, 1.807) is 0 Å². The van der Waals surface area contributed by atoms with Crippen LogP contribution in [0, 0.1) is 11.8 Å². The van der Waals surface area contributed by atoms with Crippen LogP contribution in [0.15, 0.2) is 30.3 Å². The zero-order valence-electron chi connectivity index (χ0n) is 15.8. The standard InChI is InChI=1S/C22H28N2O2S/c25-22(18-8-11-26-15-18)24-9-3-5-17-13-23(10-7-20(17)24)14-19-12-16-4-1-2-6-21(16)27-19/h1-2,4,6,12,17-18,20H,3,5,7-11,13-15H2/t17-,18+,20+/m1/s1. The molecule has 3 atom stereocenters. The summed E-state index contributed by atoms with van der Waals surface area (Å²) in [6.45, 7) is 5.61. The SMILES string of the molecule is O=C([C@H]1CCOC1)N1CCC[C@@H]2CN(Cc3cc4ccccc4s3)CC[C@@H]21. The summed E-state index contributed by atoms with van der Waals surface area (Å²) in [6, 6.07) is 11.5. The van der Waals surface area contributed by atoms with Crippen molar-refractivity contribution in [3.63, 3.8) is 0 Å². The van der Waals surface area contributed by atoms with Gasteiger partial charge in [0, 0.05) is 48.4 Å². The van der Waals surface area contributed by atoms with Gasteiger partial charge in [0.2, 0.25) is 5.91 Å². The molecule has 4 nitrogen and oxygen atoms in total. The van der Waals surface area contributed by atoms with Gasteiger partial charge in [-0.25, -0.2) is 0 Å². The number of piperidine rings is 2. The molecule has 1 amide bonds. The van der Waals surface area contributed by atoms with Crippen molar-refractivity contribution in [3.05, 3.63) is 35.2 Å². The van der Waals surface area contributed by atoms with Crippen molar-refractivity contribution in [2.45, 2.75) is 38.3 Å². The lowest BCUT2D eigenvalue weighted by molar-refractivity contribution is -0.142. The summed E-state index contributed by atoms with van der Waals surface area (Å²) in [5.41, 5.74) is 0. The summed E-state index contributed by atoms with van der Waals surface area (Å²) in [5, 5.41) is 1.36. The minimum atomic E-state index is 0.111. The van der Waals surface area contributed by atoms with Crippen molar-refractivity contribution >= 4 is 27.3 Å². The molecule has 5 rings (SSSR count). The second-order valence-corrected chi connectivity index (χ2v) is 9.50. The molecule has 144 valence electrons. The summed E-state index contributed by atoms with van der Waals surface area (Å²) in [4.78, 5) is 19.3. The Morgan fingerprint density at radius 1 is 1.19 bits per heavy atom. The van der Waals surface area contributed by atoms with E-state index in [0.717, 1.165) is 52.0 Å². The maximum atomic E-state index is 13.0. The predicted molar refractivity (Wildman–Crippen MR) is 109 cm³/mol. The van der Waals surface area contributed by atoms with Crippen molar-refractivity contribution in [1.29, 1.82) is 0 Å². The van der Waals surface area contributed by atoms with E-state index in [9.17, 15) is 4.79 Å². The fourth-order valence-electron chi connectivity index (χ4n) is 5.19. The molecule has 3 saturated heterocycles. The minimum absolute atomic E-state index is 0.111. The maximum Gasteiger partial charge on any atom is 0.228 e. The number of hydrogen-bond donors (Lipinski definition) is 0. The van der Waals surface area contributed by atoms with E-state index in [-0.39, 0.29) is 5.92 Å². The number of rotatable bonds is 3. The topological polar surface area (TPSA) is 32.8 Å². The largest absolute Gasteiger partial charge is 0.381 e. The van der Waals surface area contributed by atoms with Gasteiger partial charge >= 0.3 is 0 Å². The van der Waals surface area contributed by atoms with Crippen LogP contribution in [0.4, 0.5) is 0 Å². The first-order valence-electron chi connectivity index (χ1n) is 10.4. The molecule has 0 N–H and O–H groups in total. The molecule has 1 aromatic heterocycles. The zero-order chi connectivity index (χ0) is 18.2. The average Bonchev–Trinajstić information content (AvgIpc) is 3.36. The van der Waals surface area contributed by atoms with Crippen LogP contribution >= 0.6 is 11.3 Å². The van der Waals surface area contributed by atoms with E-state index in [0.29, 0.717) is 24.5 Å². The molecule has 0 spiro atoms. The van der Waals surface area contributed by atoms with Gasteiger partial charge in [-0.05, 0) is 49.1 Å². The third kappa shape index (κ3) is 3.53. The van der Waals surface area contributed by atoms with Crippen molar-refractivity contribution < 1.29 is 9.53 Å². The zero-order valence-corrected chi connectivity index (χ0v) is 16.6. The molecule has 3 aliphatic heterocycles. The molecule has 27 heavy (non-hydrogen) atoms. The van der Waals surface area contributed by atoms with Gasteiger partial charge in [0.25, 0.3) is 0 Å². The highest BCUT2D eigenvalue weighted by atomic mass is 32.1.